The van der Waals surface area contributed by atoms with Gasteiger partial charge in [-0.25, -0.2) is 18.0 Å². The highest BCUT2D eigenvalue weighted by Gasteiger charge is 2.09. The predicted octanol–water partition coefficient (Wildman–Crippen LogP) is 0.463. The maximum Gasteiger partial charge on any atom is 0.333 e. The summed E-state index contributed by atoms with van der Waals surface area (Å²) in [7, 11) is 1.85. The van der Waals surface area contributed by atoms with Crippen molar-refractivity contribution < 1.29 is 36.5 Å². The maximum atomic E-state index is 10.9. The molecule has 0 unspecified atom stereocenters. The molecule has 0 aliphatic heterocycles. The van der Waals surface area contributed by atoms with Gasteiger partial charge in [0.1, 0.15) is 19.8 Å². The number of carbonyl (C=O) groups is 2. The zero-order valence-corrected chi connectivity index (χ0v) is 15.8. The topological polar surface area (TPSA) is 110 Å². The summed E-state index contributed by atoms with van der Waals surface area (Å²) in [4.78, 5) is 21.5. The van der Waals surface area contributed by atoms with Crippen molar-refractivity contribution in [2.75, 3.05) is 46.7 Å². The Morgan fingerprint density at radius 1 is 0.958 bits per heavy atom. The van der Waals surface area contributed by atoms with Crippen LogP contribution in [0.25, 0.3) is 0 Å². The van der Waals surface area contributed by atoms with Crippen molar-refractivity contribution in [2.45, 2.75) is 13.8 Å². The Labute approximate surface area is 144 Å². The highest BCUT2D eigenvalue weighted by Crippen LogP contribution is 1.94. The van der Waals surface area contributed by atoms with Gasteiger partial charge in [0.15, 0.2) is 0 Å². The van der Waals surface area contributed by atoms with Gasteiger partial charge in [0.2, 0.25) is 0 Å². The van der Waals surface area contributed by atoms with Gasteiger partial charge in [0, 0.05) is 11.1 Å². The van der Waals surface area contributed by atoms with Crippen LogP contribution in [0.5, 0.6) is 0 Å². The molecule has 0 saturated carbocycles. The van der Waals surface area contributed by atoms with Crippen molar-refractivity contribution in [1.29, 1.82) is 0 Å². The summed E-state index contributed by atoms with van der Waals surface area (Å²) in [5, 5.41) is 0. The molecule has 0 aromatic rings. The normalized spacial score (nSPS) is 10.9. The lowest BCUT2D eigenvalue weighted by Crippen LogP contribution is -2.38. The number of ether oxygens (including phenoxy) is 2. The van der Waals surface area contributed by atoms with Gasteiger partial charge in [0.25, 0.3) is 0 Å². The maximum absolute atomic E-state index is 10.9. The molecular formula is C15H27NO7S. The zero-order valence-electron chi connectivity index (χ0n) is 15.0. The van der Waals surface area contributed by atoms with Crippen molar-refractivity contribution in [2.24, 2.45) is 0 Å². The average Bonchev–Trinajstić information content (AvgIpc) is 2.35. The molecule has 24 heavy (non-hydrogen) atoms. The van der Waals surface area contributed by atoms with Gasteiger partial charge < -0.3 is 18.5 Å². The standard InChI is InChI=1S/C9H18NO2.C6H10O5S/c1-8(2)9(11)12-7-6-10(3,4)5;1-5(2)6(7)11-3-4-12(8,9)10/h1,6-7H2,2-5H3;1,3-4H2,2H3,(H,8,9,10)/q+1;/p-1. The number of rotatable bonds is 8. The molecule has 8 nitrogen and oxygen atoms in total. The molecule has 0 fully saturated rings. The van der Waals surface area contributed by atoms with E-state index in [0.717, 1.165) is 11.0 Å². The molecular weight excluding hydrogens is 338 g/mol. The van der Waals surface area contributed by atoms with Gasteiger partial charge in [0.05, 0.1) is 37.0 Å². The Kier molecular flexibility index (Phi) is 11.2. The summed E-state index contributed by atoms with van der Waals surface area (Å²) in [6, 6.07) is 0. The number of hydrogen-bond acceptors (Lipinski definition) is 7. The summed E-state index contributed by atoms with van der Waals surface area (Å²) < 4.78 is 40.1. The first-order valence-electron chi connectivity index (χ1n) is 7.05. The Morgan fingerprint density at radius 3 is 1.62 bits per heavy atom. The number of likely N-dealkylation sites (N-methyl/N-ethyl adjacent to an activating group) is 1. The van der Waals surface area contributed by atoms with Crippen LogP contribution in [0.4, 0.5) is 0 Å². The van der Waals surface area contributed by atoms with Crippen LogP contribution in [0.3, 0.4) is 0 Å². The second kappa shape index (κ2) is 11.0. The fraction of sp³-hybridized carbons (Fsp3) is 0.600. The molecule has 0 bridgehead atoms. The molecule has 0 N–H and O–H groups in total. The summed E-state index contributed by atoms with van der Waals surface area (Å²) in [6.07, 6.45) is 0. The summed E-state index contributed by atoms with van der Waals surface area (Å²) in [6.45, 7) is 10.7. The largest absolute Gasteiger partial charge is 0.748 e. The predicted molar refractivity (Wildman–Crippen MR) is 89.0 cm³/mol. The smallest absolute Gasteiger partial charge is 0.333 e. The van der Waals surface area contributed by atoms with Crippen molar-refractivity contribution in [3.63, 3.8) is 0 Å². The second-order valence-electron chi connectivity index (χ2n) is 6.11. The number of quaternary nitrogens is 1. The third kappa shape index (κ3) is 18.3. The number of nitrogens with zero attached hydrogens (tertiary/aromatic N) is 1. The fourth-order valence-corrected chi connectivity index (χ4v) is 1.18. The molecule has 0 radical (unpaired) electrons. The highest BCUT2D eigenvalue weighted by molar-refractivity contribution is 7.85. The van der Waals surface area contributed by atoms with Gasteiger partial charge in [-0.15, -0.1) is 0 Å². The Balaban J connectivity index is 0. The Bertz CT molecular complexity index is 559. The first kappa shape index (κ1) is 24.5. The van der Waals surface area contributed by atoms with Crippen LogP contribution in [-0.4, -0.2) is 76.0 Å². The van der Waals surface area contributed by atoms with Crippen LogP contribution in [-0.2, 0) is 29.2 Å². The molecule has 0 aliphatic rings. The first-order chi connectivity index (χ1) is 10.7. The molecule has 0 heterocycles. The van der Waals surface area contributed by atoms with Crippen LogP contribution in [0, 0.1) is 0 Å². The quantitative estimate of drug-likeness (QED) is 0.266. The minimum atomic E-state index is -4.30. The van der Waals surface area contributed by atoms with E-state index in [2.05, 4.69) is 39.0 Å². The first-order valence-corrected chi connectivity index (χ1v) is 8.62. The van der Waals surface area contributed by atoms with Gasteiger partial charge >= 0.3 is 11.9 Å². The van der Waals surface area contributed by atoms with Gasteiger partial charge in [-0.05, 0) is 13.8 Å². The van der Waals surface area contributed by atoms with E-state index in [9.17, 15) is 22.6 Å². The number of esters is 2. The monoisotopic (exact) mass is 365 g/mol. The average molecular weight is 365 g/mol. The third-order valence-corrected chi connectivity index (χ3v) is 2.93. The van der Waals surface area contributed by atoms with E-state index in [4.69, 9.17) is 4.74 Å². The molecule has 0 atom stereocenters. The molecule has 0 aromatic carbocycles. The second-order valence-corrected chi connectivity index (χ2v) is 7.63. The lowest BCUT2D eigenvalue weighted by atomic mass is 10.4. The van der Waals surface area contributed by atoms with E-state index in [1.165, 1.54) is 6.92 Å². The Hall–Kier alpha value is -1.71. The van der Waals surface area contributed by atoms with Crippen LogP contribution in [0.2, 0.25) is 0 Å². The molecule has 0 amide bonds. The lowest BCUT2D eigenvalue weighted by Gasteiger charge is -2.23. The van der Waals surface area contributed by atoms with Crippen molar-refractivity contribution in [1.82, 2.24) is 0 Å². The molecule has 140 valence electrons. The SMILES string of the molecule is C=C(C)C(=O)OCCS(=O)(=O)[O-].C=C(C)C(=O)OCC[N+](C)(C)C. The fourth-order valence-electron chi connectivity index (χ4n) is 0.895. The molecule has 0 saturated heterocycles. The van der Waals surface area contributed by atoms with E-state index in [1.807, 2.05) is 0 Å². The summed E-state index contributed by atoms with van der Waals surface area (Å²) in [5.41, 5.74) is 0.620. The number of carbonyl (C=O) groups excluding carboxylic acids is 2. The van der Waals surface area contributed by atoms with Crippen LogP contribution in [0.1, 0.15) is 13.8 Å². The zero-order chi connectivity index (χ0) is 19.6. The van der Waals surface area contributed by atoms with Gasteiger partial charge in [-0.2, -0.15) is 0 Å². The molecule has 0 aliphatic carbocycles. The minimum absolute atomic E-state index is 0.165. The van der Waals surface area contributed by atoms with E-state index < -0.39 is 28.4 Å². The van der Waals surface area contributed by atoms with E-state index in [0.29, 0.717) is 12.2 Å². The van der Waals surface area contributed by atoms with Crippen molar-refractivity contribution in [3.05, 3.63) is 24.3 Å². The van der Waals surface area contributed by atoms with E-state index in [-0.39, 0.29) is 11.5 Å². The molecule has 0 rings (SSSR count). The number of hydrogen-bond donors (Lipinski definition) is 0. The van der Waals surface area contributed by atoms with Crippen molar-refractivity contribution >= 4 is 22.1 Å². The lowest BCUT2D eigenvalue weighted by molar-refractivity contribution is -0.870. The molecule has 0 aromatic heterocycles. The summed E-state index contributed by atoms with van der Waals surface area (Å²) >= 11 is 0. The van der Waals surface area contributed by atoms with E-state index >= 15 is 0 Å². The molecule has 9 heteroatoms. The van der Waals surface area contributed by atoms with Crippen LogP contribution in [0.15, 0.2) is 24.3 Å². The minimum Gasteiger partial charge on any atom is -0.748 e. The molecule has 0 spiro atoms. The van der Waals surface area contributed by atoms with E-state index in [1.54, 1.807) is 6.92 Å². The van der Waals surface area contributed by atoms with Gasteiger partial charge in [-0.1, -0.05) is 13.2 Å². The Morgan fingerprint density at radius 2 is 1.33 bits per heavy atom. The third-order valence-electron chi connectivity index (χ3n) is 2.26. The van der Waals surface area contributed by atoms with Crippen molar-refractivity contribution in [3.8, 4) is 0 Å². The highest BCUT2D eigenvalue weighted by atomic mass is 32.2. The van der Waals surface area contributed by atoms with Crippen LogP contribution >= 0.6 is 0 Å². The van der Waals surface area contributed by atoms with Gasteiger partial charge in [-0.3, -0.25) is 0 Å². The summed E-state index contributed by atoms with van der Waals surface area (Å²) in [5.74, 6) is -1.70. The van der Waals surface area contributed by atoms with Crippen LogP contribution < -0.4 is 0 Å².